The molecule has 0 aliphatic carbocycles. The maximum Gasteiger partial charge on any atom is 0.338 e. The summed E-state index contributed by atoms with van der Waals surface area (Å²) in [4.78, 5) is 44.5. The number of non-ortho nitro benzene ring substituents is 1. The smallest absolute Gasteiger partial charge is 0.338 e. The number of esters is 1. The molecule has 0 fully saturated rings. The molecule has 3 heterocycles. The van der Waals surface area contributed by atoms with Gasteiger partial charge in [-0.15, -0.1) is 11.3 Å². The lowest BCUT2D eigenvalue weighted by atomic mass is 9.97. The van der Waals surface area contributed by atoms with Crippen LogP contribution in [0.25, 0.3) is 11.8 Å². The van der Waals surface area contributed by atoms with Gasteiger partial charge in [-0.05, 0) is 48.2 Å². The number of carbonyl (C=O) groups excluding carboxylic acids is 1. The quantitative estimate of drug-likeness (QED) is 0.111. The van der Waals surface area contributed by atoms with E-state index < -0.39 is 16.9 Å². The molecule has 12 heteroatoms. The summed E-state index contributed by atoms with van der Waals surface area (Å²) in [7, 11) is 1.52. The fraction of sp³-hybridized carbons (Fsp3) is 0.147. The molecule has 2 aromatic heterocycles. The molecule has 10 nitrogen and oxygen atoms in total. The van der Waals surface area contributed by atoms with Crippen LogP contribution in [-0.4, -0.2) is 29.2 Å². The Morgan fingerprint density at radius 3 is 2.50 bits per heavy atom. The number of thiazole rings is 1. The number of thiophene rings is 1. The van der Waals surface area contributed by atoms with Gasteiger partial charge in [-0.3, -0.25) is 19.5 Å². The Bertz CT molecular complexity index is 2120. The first kappa shape index (κ1) is 30.7. The highest BCUT2D eigenvalue weighted by Crippen LogP contribution is 2.37. The van der Waals surface area contributed by atoms with E-state index >= 15 is 0 Å². The van der Waals surface area contributed by atoms with Gasteiger partial charge in [0.05, 0.1) is 34.4 Å². The average molecular weight is 654 g/mol. The number of benzene rings is 3. The Morgan fingerprint density at radius 2 is 1.83 bits per heavy atom. The van der Waals surface area contributed by atoms with Gasteiger partial charge in [-0.25, -0.2) is 9.79 Å². The Labute approximate surface area is 270 Å². The normalized spacial score (nSPS) is 14.4. The Kier molecular flexibility index (Phi) is 8.90. The lowest BCUT2D eigenvalue weighted by Crippen LogP contribution is -2.39. The van der Waals surface area contributed by atoms with Gasteiger partial charge in [0.2, 0.25) is 0 Å². The van der Waals surface area contributed by atoms with E-state index in [2.05, 4.69) is 0 Å². The first-order valence-electron chi connectivity index (χ1n) is 14.2. The zero-order valence-corrected chi connectivity index (χ0v) is 26.4. The van der Waals surface area contributed by atoms with Crippen molar-refractivity contribution in [1.82, 2.24) is 4.57 Å². The number of hydrogen-bond donors (Lipinski definition) is 0. The maximum atomic E-state index is 14.2. The summed E-state index contributed by atoms with van der Waals surface area (Å²) in [6.07, 6.45) is 1.72. The topological polar surface area (TPSA) is 122 Å². The van der Waals surface area contributed by atoms with E-state index in [9.17, 15) is 19.7 Å². The maximum absolute atomic E-state index is 14.2. The molecule has 0 saturated carbocycles. The summed E-state index contributed by atoms with van der Waals surface area (Å²) >= 11 is 2.65. The van der Waals surface area contributed by atoms with Gasteiger partial charge < -0.3 is 14.2 Å². The highest BCUT2D eigenvalue weighted by Gasteiger charge is 2.35. The highest BCUT2D eigenvalue weighted by atomic mass is 32.1. The van der Waals surface area contributed by atoms with E-state index in [0.29, 0.717) is 37.7 Å². The van der Waals surface area contributed by atoms with Crippen LogP contribution in [0.2, 0.25) is 0 Å². The second-order valence-corrected chi connectivity index (χ2v) is 12.0. The summed E-state index contributed by atoms with van der Waals surface area (Å²) in [6.45, 7) is 2.03. The number of nitro benzene ring substituents is 1. The van der Waals surface area contributed by atoms with Gasteiger partial charge in [0.25, 0.3) is 11.2 Å². The molecule has 0 spiro atoms. The van der Waals surface area contributed by atoms with Crippen molar-refractivity contribution in [2.45, 2.75) is 19.6 Å². The van der Waals surface area contributed by atoms with E-state index in [1.54, 1.807) is 41.8 Å². The predicted molar refractivity (Wildman–Crippen MR) is 176 cm³/mol. The van der Waals surface area contributed by atoms with Crippen LogP contribution in [0.5, 0.6) is 11.5 Å². The molecular weight excluding hydrogens is 627 g/mol. The van der Waals surface area contributed by atoms with Crippen LogP contribution in [0, 0.1) is 10.1 Å². The van der Waals surface area contributed by atoms with Crippen molar-refractivity contribution in [1.29, 1.82) is 0 Å². The molecule has 0 bridgehead atoms. The lowest BCUT2D eigenvalue weighted by Gasteiger charge is -2.24. The van der Waals surface area contributed by atoms with E-state index in [4.69, 9.17) is 19.2 Å². The molecule has 1 aliphatic heterocycles. The van der Waals surface area contributed by atoms with Crippen LogP contribution >= 0.6 is 22.7 Å². The number of aromatic nitrogens is 1. The van der Waals surface area contributed by atoms with Crippen LogP contribution in [0.1, 0.15) is 34.5 Å². The second-order valence-electron chi connectivity index (χ2n) is 10.0. The van der Waals surface area contributed by atoms with Crippen LogP contribution in [-0.2, 0) is 16.1 Å². The number of para-hydroxylation sites is 1. The molecular formula is C34H27N3O7S2. The molecule has 3 aromatic carbocycles. The molecule has 5 aromatic rings. The molecule has 1 aliphatic rings. The number of ether oxygens (including phenoxy) is 3. The SMILES string of the molecule is CCOC(=O)C1=C(c2ccccc2)N=c2s/c(=C\c3cccc(OC)c3OCc3ccc([N+](=O)[O-])cc3)c(=O)n2[C@@H]1c1cccs1. The minimum Gasteiger partial charge on any atom is -0.493 e. The highest BCUT2D eigenvalue weighted by molar-refractivity contribution is 7.10. The molecule has 0 unspecified atom stereocenters. The molecule has 0 saturated heterocycles. The summed E-state index contributed by atoms with van der Waals surface area (Å²) in [5, 5.41) is 13.0. The largest absolute Gasteiger partial charge is 0.493 e. The van der Waals surface area contributed by atoms with E-state index in [1.807, 2.05) is 53.9 Å². The summed E-state index contributed by atoms with van der Waals surface area (Å²) in [6, 6.07) is 23.9. The molecule has 1 atom stereocenters. The minimum atomic E-state index is -0.740. The summed E-state index contributed by atoms with van der Waals surface area (Å²) in [5.41, 5.74) is 2.46. The lowest BCUT2D eigenvalue weighted by molar-refractivity contribution is -0.384. The monoisotopic (exact) mass is 653 g/mol. The molecule has 0 N–H and O–H groups in total. The number of methoxy groups -OCH3 is 1. The van der Waals surface area contributed by atoms with Gasteiger partial charge in [-0.2, -0.15) is 0 Å². The van der Waals surface area contributed by atoms with Crippen molar-refractivity contribution in [3.8, 4) is 11.5 Å². The third kappa shape index (κ3) is 6.00. The Hall–Kier alpha value is -5.33. The number of hydrogen-bond acceptors (Lipinski definition) is 10. The molecule has 46 heavy (non-hydrogen) atoms. The van der Waals surface area contributed by atoms with Gasteiger partial charge >= 0.3 is 5.97 Å². The molecule has 6 rings (SSSR count). The fourth-order valence-electron chi connectivity index (χ4n) is 5.13. The third-order valence-corrected chi connectivity index (χ3v) is 9.14. The van der Waals surface area contributed by atoms with Crippen LogP contribution in [0.15, 0.2) is 106 Å². The zero-order chi connectivity index (χ0) is 32.2. The first-order valence-corrected chi connectivity index (χ1v) is 15.9. The first-order chi connectivity index (χ1) is 22.4. The average Bonchev–Trinajstić information content (AvgIpc) is 3.72. The standard InChI is InChI=1S/C34H27N3O7S2/c1-3-43-33(39)28-29(22-9-5-4-6-10-22)35-34-36(30(28)26-13-8-18-45-26)32(38)27(46-34)19-23-11-7-12-25(42-2)31(23)44-20-21-14-16-24(17-15-21)37(40)41/h4-19,30H,3,20H2,1-2H3/b27-19-/t30-/m1/s1. The van der Waals surface area contributed by atoms with E-state index in [1.165, 1.54) is 41.9 Å². The summed E-state index contributed by atoms with van der Waals surface area (Å²) < 4.78 is 19.2. The number of nitro groups is 1. The van der Waals surface area contributed by atoms with Gasteiger partial charge in [0.15, 0.2) is 16.3 Å². The number of rotatable bonds is 10. The summed E-state index contributed by atoms with van der Waals surface area (Å²) in [5.74, 6) is 0.324. The predicted octanol–water partition coefficient (Wildman–Crippen LogP) is 5.49. The molecule has 0 radical (unpaired) electrons. The van der Waals surface area contributed by atoms with Gasteiger partial charge in [0.1, 0.15) is 12.6 Å². The van der Waals surface area contributed by atoms with Crippen LogP contribution in [0.3, 0.4) is 0 Å². The van der Waals surface area contributed by atoms with Crippen molar-refractivity contribution in [3.63, 3.8) is 0 Å². The Balaban J connectivity index is 1.49. The number of fused-ring (bicyclic) bond motifs is 1. The molecule has 0 amide bonds. The minimum absolute atomic E-state index is 0.0144. The fourth-order valence-corrected chi connectivity index (χ4v) is 6.94. The van der Waals surface area contributed by atoms with Crippen molar-refractivity contribution in [3.05, 3.63) is 147 Å². The second kappa shape index (κ2) is 13.3. The van der Waals surface area contributed by atoms with Crippen molar-refractivity contribution in [2.75, 3.05) is 13.7 Å². The zero-order valence-electron chi connectivity index (χ0n) is 24.7. The van der Waals surface area contributed by atoms with Crippen molar-refractivity contribution in [2.24, 2.45) is 4.99 Å². The molecule has 232 valence electrons. The van der Waals surface area contributed by atoms with E-state index in [-0.39, 0.29) is 24.5 Å². The number of carbonyl (C=O) groups is 1. The van der Waals surface area contributed by atoms with Crippen LogP contribution in [0.4, 0.5) is 5.69 Å². The van der Waals surface area contributed by atoms with E-state index in [0.717, 1.165) is 16.0 Å². The van der Waals surface area contributed by atoms with Crippen molar-refractivity contribution >= 4 is 46.1 Å². The van der Waals surface area contributed by atoms with Gasteiger partial charge in [0, 0.05) is 28.1 Å². The Morgan fingerprint density at radius 1 is 1.04 bits per heavy atom. The number of nitrogens with zero attached hydrogens (tertiary/aromatic N) is 3. The van der Waals surface area contributed by atoms with Crippen molar-refractivity contribution < 1.29 is 23.9 Å². The van der Waals surface area contributed by atoms with Crippen LogP contribution < -0.4 is 24.4 Å². The van der Waals surface area contributed by atoms with Gasteiger partial charge in [-0.1, -0.05) is 59.9 Å². The third-order valence-electron chi connectivity index (χ3n) is 7.23.